The summed E-state index contributed by atoms with van der Waals surface area (Å²) in [5, 5.41) is 20.5. The van der Waals surface area contributed by atoms with Crippen molar-refractivity contribution in [3.8, 4) is 0 Å². The van der Waals surface area contributed by atoms with Crippen LogP contribution in [-0.4, -0.2) is 23.3 Å². The second-order valence-electron chi connectivity index (χ2n) is 4.73. The molecule has 1 atom stereocenters. The second-order valence-corrected chi connectivity index (χ2v) is 4.73. The maximum atomic E-state index is 11.9. The number of rotatable bonds is 4. The molecule has 0 spiro atoms. The third-order valence-corrected chi connectivity index (χ3v) is 3.29. The Morgan fingerprint density at radius 1 is 1.30 bits per heavy atom. The topological polar surface area (TPSA) is 127 Å². The first-order chi connectivity index (χ1) is 11.1. The summed E-state index contributed by atoms with van der Waals surface area (Å²) in [6, 6.07) is 8.67. The summed E-state index contributed by atoms with van der Waals surface area (Å²) in [4.78, 5) is 33.4. The van der Waals surface area contributed by atoms with E-state index in [4.69, 9.17) is 4.42 Å². The number of carbonyl (C=O) groups excluding carboxylic acids is 2. The molecule has 0 bridgehead atoms. The molecule has 1 aromatic heterocycles. The first-order valence-electron chi connectivity index (χ1n) is 6.63. The van der Waals surface area contributed by atoms with E-state index in [0.717, 1.165) is 6.07 Å². The molecule has 2 aromatic rings. The number of nitrogens with zero attached hydrogens (tertiary/aromatic N) is 3. The van der Waals surface area contributed by atoms with Gasteiger partial charge in [-0.1, -0.05) is 18.2 Å². The van der Waals surface area contributed by atoms with Crippen LogP contribution >= 0.6 is 0 Å². The van der Waals surface area contributed by atoms with Crippen molar-refractivity contribution in [2.24, 2.45) is 10.2 Å². The van der Waals surface area contributed by atoms with Crippen molar-refractivity contribution in [2.45, 2.75) is 6.04 Å². The molecule has 9 heteroatoms. The lowest BCUT2D eigenvalue weighted by Crippen LogP contribution is -2.29. The predicted octanol–water partition coefficient (Wildman–Crippen LogP) is 2.26. The van der Waals surface area contributed by atoms with E-state index < -0.39 is 28.7 Å². The van der Waals surface area contributed by atoms with Crippen molar-refractivity contribution < 1.29 is 18.9 Å². The summed E-state index contributed by atoms with van der Waals surface area (Å²) < 4.78 is 4.81. The predicted molar refractivity (Wildman–Crippen MR) is 76.1 cm³/mol. The number of carbonyl (C=O) groups is 2. The van der Waals surface area contributed by atoms with Gasteiger partial charge in [0.15, 0.2) is 5.76 Å². The third kappa shape index (κ3) is 2.84. The van der Waals surface area contributed by atoms with Crippen LogP contribution in [0.15, 0.2) is 51.0 Å². The van der Waals surface area contributed by atoms with Crippen LogP contribution in [0.3, 0.4) is 0 Å². The van der Waals surface area contributed by atoms with Crippen molar-refractivity contribution in [3.63, 3.8) is 0 Å². The number of fused-ring (bicyclic) bond motifs is 1. The number of hydrogen-bond acceptors (Lipinski definition) is 6. The number of nitro groups is 1. The van der Waals surface area contributed by atoms with E-state index in [1.54, 1.807) is 24.3 Å². The fourth-order valence-electron chi connectivity index (χ4n) is 2.20. The Morgan fingerprint density at radius 2 is 2.09 bits per heavy atom. The molecule has 9 nitrogen and oxygen atoms in total. The molecule has 0 saturated carbocycles. The van der Waals surface area contributed by atoms with Gasteiger partial charge in [-0.05, 0) is 17.7 Å². The van der Waals surface area contributed by atoms with Crippen LogP contribution in [0.25, 0.3) is 0 Å². The average Bonchev–Trinajstić information content (AvgIpc) is 3.05. The van der Waals surface area contributed by atoms with Crippen LogP contribution in [0, 0.1) is 10.1 Å². The van der Waals surface area contributed by atoms with E-state index in [2.05, 4.69) is 15.5 Å². The lowest BCUT2D eigenvalue weighted by atomic mass is 9.99. The molecular formula is C14H10N4O5. The SMILES string of the molecule is O=C(NCC1N=NC(=O)c2ccccc21)c1ccc([N+](=O)[O-])o1. The van der Waals surface area contributed by atoms with Crippen molar-refractivity contribution in [2.75, 3.05) is 6.54 Å². The minimum Gasteiger partial charge on any atom is -0.395 e. The summed E-state index contributed by atoms with van der Waals surface area (Å²) >= 11 is 0. The molecule has 0 aliphatic carbocycles. The van der Waals surface area contributed by atoms with Gasteiger partial charge in [-0.3, -0.25) is 19.7 Å². The normalized spacial score (nSPS) is 16.0. The van der Waals surface area contributed by atoms with E-state index in [1.807, 2.05) is 0 Å². The summed E-state index contributed by atoms with van der Waals surface area (Å²) in [5.41, 5.74) is 1.11. The molecule has 1 unspecified atom stereocenters. The number of amides is 2. The molecule has 1 aliphatic rings. The Bertz CT molecular complexity index is 826. The Kier molecular flexibility index (Phi) is 3.67. The molecule has 2 heterocycles. The van der Waals surface area contributed by atoms with Gasteiger partial charge in [-0.2, -0.15) is 5.11 Å². The van der Waals surface area contributed by atoms with Gasteiger partial charge in [0, 0.05) is 12.1 Å². The quantitative estimate of drug-likeness (QED) is 0.684. The van der Waals surface area contributed by atoms with Crippen molar-refractivity contribution in [3.05, 3.63) is 63.4 Å². The van der Waals surface area contributed by atoms with Crippen LogP contribution in [-0.2, 0) is 0 Å². The van der Waals surface area contributed by atoms with Crippen LogP contribution in [0.1, 0.15) is 32.5 Å². The standard InChI is InChI=1S/C14H10N4O5/c19-13-9-4-2-1-3-8(9)10(16-17-13)7-15-14(20)11-5-6-12(23-11)18(21)22/h1-6,10H,7H2,(H,15,20). The van der Waals surface area contributed by atoms with Gasteiger partial charge in [-0.15, -0.1) is 5.11 Å². The molecule has 0 saturated heterocycles. The van der Waals surface area contributed by atoms with Gasteiger partial charge in [0.05, 0.1) is 6.07 Å². The Labute approximate surface area is 129 Å². The first-order valence-corrected chi connectivity index (χ1v) is 6.63. The molecule has 2 amide bonds. The zero-order chi connectivity index (χ0) is 16.4. The molecule has 3 rings (SSSR count). The van der Waals surface area contributed by atoms with E-state index in [0.29, 0.717) is 11.1 Å². The molecule has 116 valence electrons. The van der Waals surface area contributed by atoms with Crippen molar-refractivity contribution in [1.82, 2.24) is 5.32 Å². The highest BCUT2D eigenvalue weighted by atomic mass is 16.6. The highest BCUT2D eigenvalue weighted by Gasteiger charge is 2.24. The minimum atomic E-state index is -0.728. The lowest BCUT2D eigenvalue weighted by Gasteiger charge is -2.18. The monoisotopic (exact) mass is 314 g/mol. The average molecular weight is 314 g/mol. The molecule has 1 aromatic carbocycles. The number of azo groups is 1. The van der Waals surface area contributed by atoms with Crippen LogP contribution < -0.4 is 5.32 Å². The fraction of sp³-hybridized carbons (Fsp3) is 0.143. The van der Waals surface area contributed by atoms with Gasteiger partial charge < -0.3 is 9.73 Å². The smallest absolute Gasteiger partial charge is 0.395 e. The van der Waals surface area contributed by atoms with Gasteiger partial charge in [0.1, 0.15) is 11.0 Å². The van der Waals surface area contributed by atoms with E-state index >= 15 is 0 Å². The number of hydrogen-bond donors (Lipinski definition) is 1. The van der Waals surface area contributed by atoms with Crippen molar-refractivity contribution >= 4 is 17.7 Å². The summed E-state index contributed by atoms with van der Waals surface area (Å²) in [6.07, 6.45) is 0. The molecule has 1 N–H and O–H groups in total. The van der Waals surface area contributed by atoms with Crippen LogP contribution in [0.2, 0.25) is 0 Å². The van der Waals surface area contributed by atoms with E-state index in [9.17, 15) is 19.7 Å². The van der Waals surface area contributed by atoms with Crippen LogP contribution in [0.5, 0.6) is 0 Å². The molecule has 1 aliphatic heterocycles. The highest BCUT2D eigenvalue weighted by molar-refractivity contribution is 5.97. The molecule has 0 radical (unpaired) electrons. The number of benzene rings is 1. The molecule has 0 fully saturated rings. The van der Waals surface area contributed by atoms with E-state index in [1.165, 1.54) is 6.07 Å². The van der Waals surface area contributed by atoms with Gasteiger partial charge >= 0.3 is 5.88 Å². The molecular weight excluding hydrogens is 304 g/mol. The maximum Gasteiger partial charge on any atom is 0.433 e. The minimum absolute atomic E-state index is 0.0844. The summed E-state index contributed by atoms with van der Waals surface area (Å²) in [6.45, 7) is 0.0844. The van der Waals surface area contributed by atoms with Gasteiger partial charge in [0.25, 0.3) is 11.8 Å². The van der Waals surface area contributed by atoms with Crippen LogP contribution in [0.4, 0.5) is 5.88 Å². The zero-order valence-corrected chi connectivity index (χ0v) is 11.6. The maximum absolute atomic E-state index is 11.9. The highest BCUT2D eigenvalue weighted by Crippen LogP contribution is 2.26. The first kappa shape index (κ1) is 14.6. The Morgan fingerprint density at radius 3 is 2.83 bits per heavy atom. The van der Waals surface area contributed by atoms with Gasteiger partial charge in [-0.25, -0.2) is 0 Å². The Hall–Kier alpha value is -3.36. The van der Waals surface area contributed by atoms with E-state index in [-0.39, 0.29) is 12.3 Å². The number of furan rings is 1. The molecule has 23 heavy (non-hydrogen) atoms. The van der Waals surface area contributed by atoms with Crippen molar-refractivity contribution in [1.29, 1.82) is 0 Å². The van der Waals surface area contributed by atoms with Gasteiger partial charge in [0.2, 0.25) is 0 Å². The largest absolute Gasteiger partial charge is 0.433 e. The Balaban J connectivity index is 1.70. The second kappa shape index (κ2) is 5.79. The summed E-state index contributed by atoms with van der Waals surface area (Å²) in [7, 11) is 0. The number of nitrogens with one attached hydrogen (secondary N) is 1. The third-order valence-electron chi connectivity index (χ3n) is 3.29. The zero-order valence-electron chi connectivity index (χ0n) is 11.6. The fourth-order valence-corrected chi connectivity index (χ4v) is 2.20. The lowest BCUT2D eigenvalue weighted by molar-refractivity contribution is -0.402. The summed E-state index contributed by atoms with van der Waals surface area (Å²) in [5.74, 6) is -1.72.